The van der Waals surface area contributed by atoms with E-state index in [0.717, 1.165) is 6.42 Å². The number of aryl methyl sites for hydroxylation is 2. The Balaban J connectivity index is 2.45. The van der Waals surface area contributed by atoms with Gasteiger partial charge in [0.1, 0.15) is 4.90 Å². The van der Waals surface area contributed by atoms with Crippen LogP contribution in [0.3, 0.4) is 0 Å². The molecule has 0 aromatic carbocycles. The van der Waals surface area contributed by atoms with Crippen LogP contribution in [0.2, 0.25) is 0 Å². The smallest absolute Gasteiger partial charge is 0.246 e. The number of rotatable bonds is 4. The third-order valence-electron chi connectivity index (χ3n) is 3.90. The summed E-state index contributed by atoms with van der Waals surface area (Å²) in [6.45, 7) is 8.70. The van der Waals surface area contributed by atoms with Crippen molar-refractivity contribution >= 4 is 21.6 Å². The van der Waals surface area contributed by atoms with Crippen LogP contribution in [-0.2, 0) is 16.6 Å². The van der Waals surface area contributed by atoms with Gasteiger partial charge < -0.3 is 0 Å². The van der Waals surface area contributed by atoms with Crippen molar-refractivity contribution in [2.24, 2.45) is 5.92 Å². The lowest BCUT2D eigenvalue weighted by Gasteiger charge is -2.21. The number of hydrogen-bond acceptors (Lipinski definition) is 3. The Hall–Kier alpha value is -0.590. The maximum absolute atomic E-state index is 12.9. The number of sulfonamides is 1. The topological polar surface area (TPSA) is 55.2 Å². The molecule has 0 radical (unpaired) electrons. The first-order valence-corrected chi connectivity index (χ1v) is 8.88. The van der Waals surface area contributed by atoms with Gasteiger partial charge >= 0.3 is 0 Å². The lowest BCUT2D eigenvalue weighted by molar-refractivity contribution is 0.405. The molecule has 2 rings (SSSR count). The summed E-state index contributed by atoms with van der Waals surface area (Å²) in [6.07, 6.45) is 0.910. The van der Waals surface area contributed by atoms with Gasteiger partial charge in [-0.3, -0.25) is 4.68 Å². The Bertz CT molecular complexity index is 597. The third kappa shape index (κ3) is 2.61. The molecule has 0 N–H and O–H groups in total. The van der Waals surface area contributed by atoms with Crippen LogP contribution in [0.15, 0.2) is 4.90 Å². The maximum Gasteiger partial charge on any atom is 0.246 e. The minimum atomic E-state index is -3.47. The molecule has 1 aromatic rings. The van der Waals surface area contributed by atoms with E-state index in [4.69, 9.17) is 11.6 Å². The summed E-state index contributed by atoms with van der Waals surface area (Å²) in [4.78, 5) is 0.351. The molecule has 2 heterocycles. The highest BCUT2D eigenvalue weighted by molar-refractivity contribution is 7.89. The van der Waals surface area contributed by atoms with E-state index in [-0.39, 0.29) is 6.04 Å². The normalized spacial score (nSPS) is 24.4. The van der Waals surface area contributed by atoms with Crippen LogP contribution >= 0.6 is 11.6 Å². The molecule has 114 valence electrons. The van der Waals surface area contributed by atoms with Crippen LogP contribution in [0.5, 0.6) is 0 Å². The Labute approximate surface area is 126 Å². The zero-order valence-corrected chi connectivity index (χ0v) is 14.0. The van der Waals surface area contributed by atoms with Crippen molar-refractivity contribution in [1.82, 2.24) is 14.1 Å². The Morgan fingerprint density at radius 1 is 1.35 bits per heavy atom. The predicted molar refractivity (Wildman–Crippen MR) is 79.6 cm³/mol. The number of alkyl halides is 1. The average Bonchev–Trinajstić information content (AvgIpc) is 2.81. The van der Waals surface area contributed by atoms with Gasteiger partial charge in [0.05, 0.1) is 17.9 Å². The molecule has 0 amide bonds. The molecule has 1 aliphatic rings. The highest BCUT2D eigenvalue weighted by Gasteiger charge is 2.38. The van der Waals surface area contributed by atoms with Gasteiger partial charge in [0.2, 0.25) is 10.0 Å². The monoisotopic (exact) mass is 319 g/mol. The van der Waals surface area contributed by atoms with Crippen molar-refractivity contribution in [2.45, 2.75) is 51.6 Å². The maximum atomic E-state index is 12.9. The van der Waals surface area contributed by atoms with E-state index in [1.54, 1.807) is 22.8 Å². The van der Waals surface area contributed by atoms with Gasteiger partial charge in [-0.2, -0.15) is 9.40 Å². The summed E-state index contributed by atoms with van der Waals surface area (Å²) >= 11 is 5.73. The number of halogens is 1. The summed E-state index contributed by atoms with van der Waals surface area (Å²) in [6, 6.07) is 0.0465. The molecular weight excluding hydrogens is 298 g/mol. The lowest BCUT2D eigenvalue weighted by Crippen LogP contribution is -2.34. The summed E-state index contributed by atoms with van der Waals surface area (Å²) < 4.78 is 29.1. The largest absolute Gasteiger partial charge is 0.267 e. The fraction of sp³-hybridized carbons (Fsp3) is 0.769. The zero-order valence-electron chi connectivity index (χ0n) is 12.4. The van der Waals surface area contributed by atoms with Gasteiger partial charge in [-0.15, -0.1) is 11.6 Å². The van der Waals surface area contributed by atoms with Gasteiger partial charge in [0.25, 0.3) is 0 Å². The molecule has 1 aromatic heterocycles. The van der Waals surface area contributed by atoms with Gasteiger partial charge in [-0.25, -0.2) is 8.42 Å². The molecule has 1 fully saturated rings. The first-order valence-electron chi connectivity index (χ1n) is 6.90. The fourth-order valence-electron chi connectivity index (χ4n) is 3.07. The van der Waals surface area contributed by atoms with Crippen molar-refractivity contribution < 1.29 is 8.42 Å². The minimum Gasteiger partial charge on any atom is -0.267 e. The predicted octanol–water partition coefficient (Wildman–Crippen LogP) is 2.16. The SMILES string of the molecule is Cc1nn(CCCl)c(C)c1S(=O)(=O)N1CC(C)CC1C. The molecule has 1 aliphatic heterocycles. The van der Waals surface area contributed by atoms with E-state index in [1.165, 1.54) is 0 Å². The molecular formula is C13H22ClN3O2S. The first kappa shape index (κ1) is 15.8. The second-order valence-electron chi connectivity index (χ2n) is 5.68. The van der Waals surface area contributed by atoms with Crippen molar-refractivity contribution in [3.8, 4) is 0 Å². The van der Waals surface area contributed by atoms with Crippen LogP contribution in [-0.4, -0.2) is 41.0 Å². The zero-order chi connectivity index (χ0) is 15.1. The summed E-state index contributed by atoms with van der Waals surface area (Å²) in [7, 11) is -3.47. The Kier molecular flexibility index (Phi) is 4.47. The van der Waals surface area contributed by atoms with Crippen LogP contribution in [0.1, 0.15) is 31.7 Å². The third-order valence-corrected chi connectivity index (χ3v) is 6.31. The first-order chi connectivity index (χ1) is 9.28. The van der Waals surface area contributed by atoms with E-state index in [1.807, 2.05) is 6.92 Å². The van der Waals surface area contributed by atoms with Crippen LogP contribution in [0, 0.1) is 19.8 Å². The Morgan fingerprint density at radius 3 is 2.50 bits per heavy atom. The highest BCUT2D eigenvalue weighted by Crippen LogP contribution is 2.31. The fourth-order valence-corrected chi connectivity index (χ4v) is 5.36. The number of nitrogens with zero attached hydrogens (tertiary/aromatic N) is 3. The van der Waals surface area contributed by atoms with Crippen molar-refractivity contribution in [3.63, 3.8) is 0 Å². The molecule has 0 saturated carbocycles. The summed E-state index contributed by atoms with van der Waals surface area (Å²) in [5.41, 5.74) is 1.23. The molecule has 7 heteroatoms. The molecule has 5 nitrogen and oxygen atoms in total. The van der Waals surface area contributed by atoms with E-state index >= 15 is 0 Å². The van der Waals surface area contributed by atoms with Gasteiger partial charge in [0, 0.05) is 18.5 Å². The van der Waals surface area contributed by atoms with Gasteiger partial charge in [-0.1, -0.05) is 6.92 Å². The Morgan fingerprint density at radius 2 is 2.00 bits per heavy atom. The molecule has 0 spiro atoms. The van der Waals surface area contributed by atoms with Crippen molar-refractivity contribution in [1.29, 1.82) is 0 Å². The van der Waals surface area contributed by atoms with Crippen molar-refractivity contribution in [2.75, 3.05) is 12.4 Å². The summed E-state index contributed by atoms with van der Waals surface area (Å²) in [5.74, 6) is 0.816. The quantitative estimate of drug-likeness (QED) is 0.799. The average molecular weight is 320 g/mol. The molecule has 0 bridgehead atoms. The standard InChI is InChI=1S/C13H22ClN3O2S/c1-9-7-10(2)17(8-9)20(18,19)13-11(3)15-16(6-5-14)12(13)4/h9-10H,5-8H2,1-4H3. The molecule has 1 saturated heterocycles. The van der Waals surface area contributed by atoms with Gasteiger partial charge in [0.15, 0.2) is 0 Å². The number of aromatic nitrogens is 2. The second kappa shape index (κ2) is 5.66. The second-order valence-corrected chi connectivity index (χ2v) is 7.88. The highest BCUT2D eigenvalue weighted by atomic mass is 35.5. The number of hydrogen-bond donors (Lipinski definition) is 0. The molecule has 20 heavy (non-hydrogen) atoms. The van der Waals surface area contributed by atoms with Gasteiger partial charge in [-0.05, 0) is 33.1 Å². The van der Waals surface area contributed by atoms with Crippen LogP contribution in [0.25, 0.3) is 0 Å². The van der Waals surface area contributed by atoms with E-state index < -0.39 is 10.0 Å². The lowest BCUT2D eigenvalue weighted by atomic mass is 10.1. The van der Waals surface area contributed by atoms with Crippen LogP contribution in [0.4, 0.5) is 0 Å². The van der Waals surface area contributed by atoms with E-state index in [9.17, 15) is 8.42 Å². The van der Waals surface area contributed by atoms with E-state index in [0.29, 0.717) is 41.2 Å². The summed E-state index contributed by atoms with van der Waals surface area (Å²) in [5, 5.41) is 4.31. The molecule has 2 atom stereocenters. The van der Waals surface area contributed by atoms with Crippen molar-refractivity contribution in [3.05, 3.63) is 11.4 Å². The molecule has 0 aliphatic carbocycles. The molecule has 2 unspecified atom stereocenters. The van der Waals surface area contributed by atoms with E-state index in [2.05, 4.69) is 12.0 Å². The minimum absolute atomic E-state index is 0.0465. The van der Waals surface area contributed by atoms with Crippen LogP contribution < -0.4 is 0 Å².